The Kier molecular flexibility index (Phi) is 3.91. The van der Waals surface area contributed by atoms with Crippen LogP contribution in [-0.4, -0.2) is 40.0 Å². The van der Waals surface area contributed by atoms with Gasteiger partial charge in [0, 0.05) is 18.5 Å². The molecule has 16 heavy (non-hydrogen) atoms. The molecule has 1 amide bonds. The molecule has 0 unspecified atom stereocenters. The third-order valence-electron chi connectivity index (χ3n) is 2.72. The van der Waals surface area contributed by atoms with Gasteiger partial charge in [0.15, 0.2) is 0 Å². The van der Waals surface area contributed by atoms with Gasteiger partial charge in [-0.2, -0.15) is 0 Å². The number of amides is 1. The number of carboxylic acids is 1. The summed E-state index contributed by atoms with van der Waals surface area (Å²) in [5.74, 6) is -1.07. The van der Waals surface area contributed by atoms with Crippen LogP contribution in [0.2, 0.25) is 0 Å². The number of carbonyl (C=O) groups excluding carboxylic acids is 1. The van der Waals surface area contributed by atoms with Crippen LogP contribution in [0.1, 0.15) is 39.5 Å². The maximum atomic E-state index is 11.9. The molecule has 1 aliphatic rings. The molecule has 0 spiro atoms. The predicted molar refractivity (Wildman–Crippen MR) is 59.9 cm³/mol. The number of hydrogen-bond donors (Lipinski definition) is 2. The second-order valence-corrected chi connectivity index (χ2v) is 5.10. The fraction of sp³-hybridized carbons (Fsp3) is 0.818. The van der Waals surface area contributed by atoms with Crippen LogP contribution in [0, 0.1) is 0 Å². The fourth-order valence-electron chi connectivity index (χ4n) is 1.98. The molecule has 0 aliphatic carbocycles. The Labute approximate surface area is 95.6 Å². The van der Waals surface area contributed by atoms with Crippen molar-refractivity contribution in [1.82, 2.24) is 4.90 Å². The zero-order valence-corrected chi connectivity index (χ0v) is 9.90. The van der Waals surface area contributed by atoms with E-state index in [1.54, 1.807) is 13.8 Å². The van der Waals surface area contributed by atoms with Crippen molar-refractivity contribution in [3.8, 4) is 0 Å². The van der Waals surface area contributed by atoms with Crippen LogP contribution in [0.25, 0.3) is 0 Å². The summed E-state index contributed by atoms with van der Waals surface area (Å²) in [6.07, 6.45) is 2.48. The standard InChI is InChI=1S/C11H20N2O3/c1-11(2,12)7-9(14)13-6-4-3-5-8(13)10(15)16/h8H,3-7,12H2,1-2H3,(H,15,16)/t8-/m1/s1. The molecule has 5 nitrogen and oxygen atoms in total. The van der Waals surface area contributed by atoms with Gasteiger partial charge in [-0.25, -0.2) is 4.79 Å². The van der Waals surface area contributed by atoms with E-state index in [9.17, 15) is 9.59 Å². The minimum Gasteiger partial charge on any atom is -0.480 e. The van der Waals surface area contributed by atoms with Crippen molar-refractivity contribution in [3.63, 3.8) is 0 Å². The molecule has 0 aromatic rings. The van der Waals surface area contributed by atoms with Crippen molar-refractivity contribution in [2.75, 3.05) is 6.54 Å². The Hall–Kier alpha value is -1.10. The Morgan fingerprint density at radius 3 is 2.56 bits per heavy atom. The molecule has 1 fully saturated rings. The number of nitrogens with zero attached hydrogens (tertiary/aromatic N) is 1. The van der Waals surface area contributed by atoms with Gasteiger partial charge < -0.3 is 15.7 Å². The molecule has 1 heterocycles. The molecular weight excluding hydrogens is 208 g/mol. The van der Waals surface area contributed by atoms with Gasteiger partial charge in [0.25, 0.3) is 0 Å². The van der Waals surface area contributed by atoms with Crippen LogP contribution in [-0.2, 0) is 9.59 Å². The van der Waals surface area contributed by atoms with Gasteiger partial charge in [0.2, 0.25) is 5.91 Å². The summed E-state index contributed by atoms with van der Waals surface area (Å²) in [5.41, 5.74) is 5.18. The smallest absolute Gasteiger partial charge is 0.326 e. The van der Waals surface area contributed by atoms with E-state index in [0.717, 1.165) is 12.8 Å². The lowest BCUT2D eigenvalue weighted by atomic mass is 9.97. The highest BCUT2D eigenvalue weighted by molar-refractivity contribution is 5.84. The summed E-state index contributed by atoms with van der Waals surface area (Å²) in [4.78, 5) is 24.4. The molecule has 1 aliphatic heterocycles. The normalized spacial score (nSPS) is 21.9. The van der Waals surface area contributed by atoms with Crippen LogP contribution >= 0.6 is 0 Å². The van der Waals surface area contributed by atoms with E-state index in [-0.39, 0.29) is 12.3 Å². The highest BCUT2D eigenvalue weighted by Gasteiger charge is 2.33. The van der Waals surface area contributed by atoms with Crippen molar-refractivity contribution < 1.29 is 14.7 Å². The molecule has 92 valence electrons. The Morgan fingerprint density at radius 1 is 1.44 bits per heavy atom. The number of aliphatic carboxylic acids is 1. The third-order valence-corrected chi connectivity index (χ3v) is 2.72. The van der Waals surface area contributed by atoms with Crippen LogP contribution < -0.4 is 5.73 Å². The SMILES string of the molecule is CC(C)(N)CC(=O)N1CCCC[C@@H]1C(=O)O. The third kappa shape index (κ3) is 3.48. The molecular formula is C11H20N2O3. The molecule has 0 aromatic heterocycles. The molecule has 0 bridgehead atoms. The van der Waals surface area contributed by atoms with Crippen LogP contribution in [0.4, 0.5) is 0 Å². The summed E-state index contributed by atoms with van der Waals surface area (Å²) < 4.78 is 0. The molecule has 0 aromatic carbocycles. The first-order chi connectivity index (χ1) is 7.31. The van der Waals surface area contributed by atoms with Gasteiger partial charge in [-0.05, 0) is 33.1 Å². The van der Waals surface area contributed by atoms with Crippen molar-refractivity contribution in [1.29, 1.82) is 0 Å². The molecule has 0 radical (unpaired) electrons. The highest BCUT2D eigenvalue weighted by atomic mass is 16.4. The first kappa shape index (κ1) is 13.0. The summed E-state index contributed by atoms with van der Waals surface area (Å²) in [6, 6.07) is -0.663. The Morgan fingerprint density at radius 2 is 2.06 bits per heavy atom. The number of hydrogen-bond acceptors (Lipinski definition) is 3. The minimum atomic E-state index is -0.914. The van der Waals surface area contributed by atoms with Crippen molar-refractivity contribution in [2.24, 2.45) is 5.73 Å². The topological polar surface area (TPSA) is 83.6 Å². The quantitative estimate of drug-likeness (QED) is 0.740. The number of carbonyl (C=O) groups is 2. The van der Waals surface area contributed by atoms with E-state index >= 15 is 0 Å². The number of carboxylic acid groups (broad SMARTS) is 1. The number of rotatable bonds is 3. The Bertz CT molecular complexity index is 283. The average molecular weight is 228 g/mol. The van der Waals surface area contributed by atoms with Gasteiger partial charge in [-0.1, -0.05) is 0 Å². The summed E-state index contributed by atoms with van der Waals surface area (Å²) >= 11 is 0. The monoisotopic (exact) mass is 228 g/mol. The van der Waals surface area contributed by atoms with E-state index in [0.29, 0.717) is 13.0 Å². The first-order valence-electron chi connectivity index (χ1n) is 5.62. The predicted octanol–water partition coefficient (Wildman–Crippen LogP) is 0.579. The van der Waals surface area contributed by atoms with Gasteiger partial charge in [-0.3, -0.25) is 4.79 Å². The summed E-state index contributed by atoms with van der Waals surface area (Å²) in [6.45, 7) is 4.07. The molecule has 5 heteroatoms. The van der Waals surface area contributed by atoms with Gasteiger partial charge in [-0.15, -0.1) is 0 Å². The molecule has 1 atom stereocenters. The fourth-order valence-corrected chi connectivity index (χ4v) is 1.98. The molecule has 0 saturated carbocycles. The van der Waals surface area contributed by atoms with Crippen LogP contribution in [0.5, 0.6) is 0 Å². The van der Waals surface area contributed by atoms with Crippen LogP contribution in [0.15, 0.2) is 0 Å². The lowest BCUT2D eigenvalue weighted by Gasteiger charge is -2.34. The summed E-state index contributed by atoms with van der Waals surface area (Å²) in [5, 5.41) is 9.03. The minimum absolute atomic E-state index is 0.153. The zero-order valence-electron chi connectivity index (χ0n) is 9.90. The van der Waals surface area contributed by atoms with Gasteiger partial charge in [0.1, 0.15) is 6.04 Å². The van der Waals surface area contributed by atoms with E-state index in [1.165, 1.54) is 4.90 Å². The van der Waals surface area contributed by atoms with Crippen molar-refractivity contribution in [2.45, 2.75) is 51.1 Å². The lowest BCUT2D eigenvalue weighted by Crippen LogP contribution is -2.50. The largest absolute Gasteiger partial charge is 0.480 e. The Balaban J connectivity index is 2.68. The number of likely N-dealkylation sites (tertiary alicyclic amines) is 1. The molecule has 1 saturated heterocycles. The maximum absolute atomic E-state index is 11.9. The molecule has 1 rings (SSSR count). The van der Waals surface area contributed by atoms with Crippen molar-refractivity contribution >= 4 is 11.9 Å². The van der Waals surface area contributed by atoms with Gasteiger partial charge >= 0.3 is 5.97 Å². The second-order valence-electron chi connectivity index (χ2n) is 5.10. The van der Waals surface area contributed by atoms with E-state index < -0.39 is 17.6 Å². The van der Waals surface area contributed by atoms with Crippen molar-refractivity contribution in [3.05, 3.63) is 0 Å². The maximum Gasteiger partial charge on any atom is 0.326 e. The highest BCUT2D eigenvalue weighted by Crippen LogP contribution is 2.19. The second kappa shape index (κ2) is 4.82. The van der Waals surface area contributed by atoms with Crippen LogP contribution in [0.3, 0.4) is 0 Å². The molecule has 3 N–H and O–H groups in total. The summed E-state index contributed by atoms with van der Waals surface area (Å²) in [7, 11) is 0. The number of nitrogens with two attached hydrogens (primary N) is 1. The first-order valence-corrected chi connectivity index (χ1v) is 5.62. The van der Waals surface area contributed by atoms with E-state index in [2.05, 4.69) is 0 Å². The average Bonchev–Trinajstić information content (AvgIpc) is 2.15. The van der Waals surface area contributed by atoms with E-state index in [1.807, 2.05) is 0 Å². The zero-order chi connectivity index (χ0) is 12.3. The van der Waals surface area contributed by atoms with E-state index in [4.69, 9.17) is 10.8 Å². The number of piperidine rings is 1. The lowest BCUT2D eigenvalue weighted by molar-refractivity contribution is -0.152. The van der Waals surface area contributed by atoms with Gasteiger partial charge in [0.05, 0.1) is 0 Å².